The molecule has 0 saturated carbocycles. The summed E-state index contributed by atoms with van der Waals surface area (Å²) >= 11 is 3.20. The molecule has 4 nitrogen and oxygen atoms in total. The van der Waals surface area contributed by atoms with Gasteiger partial charge in [0.15, 0.2) is 0 Å². The van der Waals surface area contributed by atoms with E-state index in [4.69, 9.17) is 5.11 Å². The fraction of sp³-hybridized carbons (Fsp3) is 0.200. The number of nitrogens with one attached hydrogen (secondary N) is 1. The highest BCUT2D eigenvalue weighted by molar-refractivity contribution is 9.10. The number of carbonyl (C=O) groups is 1. The maximum atomic E-state index is 13.0. The second kappa shape index (κ2) is 6.67. The molecule has 110 valence electrons. The summed E-state index contributed by atoms with van der Waals surface area (Å²) in [7, 11) is 0. The average Bonchev–Trinajstić information content (AvgIpc) is 2.42. The first-order chi connectivity index (χ1) is 9.97. The van der Waals surface area contributed by atoms with Gasteiger partial charge < -0.3 is 10.4 Å². The Balaban J connectivity index is 2.05. The zero-order chi connectivity index (χ0) is 15.4. The Kier molecular flexibility index (Phi) is 4.90. The van der Waals surface area contributed by atoms with Crippen molar-refractivity contribution < 1.29 is 14.3 Å². The topological polar surface area (TPSA) is 62.2 Å². The highest BCUT2D eigenvalue weighted by atomic mass is 79.9. The zero-order valence-corrected chi connectivity index (χ0v) is 12.9. The number of pyridine rings is 1. The van der Waals surface area contributed by atoms with Crippen LogP contribution in [0.3, 0.4) is 0 Å². The first-order valence-corrected chi connectivity index (χ1v) is 7.14. The minimum absolute atomic E-state index is 0.111. The molecule has 0 amide bonds. The standard InChI is InChI=1S/C15H14BrFN2O2/c1-9-6-12(17)3-2-10(9)4-5-18-14-13(15(20)21)7-11(16)8-19-14/h2-3,6-8H,4-5H2,1H3,(H,18,19)(H,20,21). The van der Waals surface area contributed by atoms with E-state index in [1.54, 1.807) is 6.07 Å². The second-order valence-corrected chi connectivity index (χ2v) is 5.52. The molecule has 0 atom stereocenters. The molecule has 0 unspecified atom stereocenters. The minimum atomic E-state index is -1.04. The number of nitrogens with zero attached hydrogens (tertiary/aromatic N) is 1. The number of aromatic nitrogens is 1. The van der Waals surface area contributed by atoms with Crippen LogP contribution in [0, 0.1) is 12.7 Å². The first-order valence-electron chi connectivity index (χ1n) is 6.35. The van der Waals surface area contributed by atoms with Crippen molar-refractivity contribution in [3.05, 3.63) is 57.4 Å². The highest BCUT2D eigenvalue weighted by Crippen LogP contribution is 2.18. The van der Waals surface area contributed by atoms with E-state index in [1.165, 1.54) is 24.4 Å². The van der Waals surface area contributed by atoms with Crippen LogP contribution in [-0.2, 0) is 6.42 Å². The highest BCUT2D eigenvalue weighted by Gasteiger charge is 2.11. The van der Waals surface area contributed by atoms with Crippen LogP contribution < -0.4 is 5.32 Å². The van der Waals surface area contributed by atoms with Gasteiger partial charge in [-0.05, 0) is 58.6 Å². The normalized spacial score (nSPS) is 10.4. The van der Waals surface area contributed by atoms with Crippen LogP contribution in [0.4, 0.5) is 10.2 Å². The van der Waals surface area contributed by atoms with E-state index in [-0.39, 0.29) is 11.4 Å². The predicted molar refractivity (Wildman–Crippen MR) is 82.2 cm³/mol. The second-order valence-electron chi connectivity index (χ2n) is 4.60. The molecule has 1 heterocycles. The molecule has 0 radical (unpaired) electrons. The summed E-state index contributed by atoms with van der Waals surface area (Å²) in [5.74, 6) is -0.971. The summed E-state index contributed by atoms with van der Waals surface area (Å²) in [5, 5.41) is 12.1. The zero-order valence-electron chi connectivity index (χ0n) is 11.4. The lowest BCUT2D eigenvalue weighted by atomic mass is 10.1. The molecule has 0 aliphatic rings. The molecule has 2 N–H and O–H groups in total. The Morgan fingerprint density at radius 1 is 1.43 bits per heavy atom. The minimum Gasteiger partial charge on any atom is -0.478 e. The van der Waals surface area contributed by atoms with Crippen LogP contribution in [-0.4, -0.2) is 22.6 Å². The van der Waals surface area contributed by atoms with Crippen LogP contribution in [0.5, 0.6) is 0 Å². The molecular weight excluding hydrogens is 339 g/mol. The number of hydrogen-bond acceptors (Lipinski definition) is 3. The molecule has 0 fully saturated rings. The van der Waals surface area contributed by atoms with E-state index in [9.17, 15) is 9.18 Å². The predicted octanol–water partition coefficient (Wildman–Crippen LogP) is 3.64. The number of aromatic carboxylic acids is 1. The Labute approximate surface area is 130 Å². The van der Waals surface area contributed by atoms with Gasteiger partial charge in [0, 0.05) is 17.2 Å². The first kappa shape index (κ1) is 15.4. The van der Waals surface area contributed by atoms with Gasteiger partial charge in [0.25, 0.3) is 0 Å². The molecule has 0 bridgehead atoms. The number of carboxylic acids is 1. The van der Waals surface area contributed by atoms with E-state index >= 15 is 0 Å². The molecule has 2 aromatic rings. The van der Waals surface area contributed by atoms with Crippen molar-refractivity contribution in [1.29, 1.82) is 0 Å². The van der Waals surface area contributed by atoms with Gasteiger partial charge in [-0.1, -0.05) is 6.07 Å². The van der Waals surface area contributed by atoms with E-state index in [1.807, 2.05) is 6.92 Å². The molecule has 1 aromatic carbocycles. The Hall–Kier alpha value is -1.95. The number of anilines is 1. The van der Waals surface area contributed by atoms with Crippen LogP contribution >= 0.6 is 15.9 Å². The number of benzene rings is 1. The maximum absolute atomic E-state index is 13.0. The van der Waals surface area contributed by atoms with Crippen molar-refractivity contribution in [2.45, 2.75) is 13.3 Å². The lowest BCUT2D eigenvalue weighted by Gasteiger charge is -2.10. The molecular formula is C15H14BrFN2O2. The largest absolute Gasteiger partial charge is 0.478 e. The molecule has 6 heteroatoms. The number of halogens is 2. The quantitative estimate of drug-likeness (QED) is 0.862. The van der Waals surface area contributed by atoms with Crippen LogP contribution in [0.1, 0.15) is 21.5 Å². The number of rotatable bonds is 5. The molecule has 0 spiro atoms. The third kappa shape index (κ3) is 4.01. The summed E-state index contributed by atoms with van der Waals surface area (Å²) in [6, 6.07) is 6.14. The van der Waals surface area contributed by atoms with E-state index in [0.29, 0.717) is 23.3 Å². The lowest BCUT2D eigenvalue weighted by molar-refractivity contribution is 0.0697. The van der Waals surface area contributed by atoms with E-state index < -0.39 is 5.97 Å². The summed E-state index contributed by atoms with van der Waals surface area (Å²) in [5.41, 5.74) is 2.00. The lowest BCUT2D eigenvalue weighted by Crippen LogP contribution is -2.11. The fourth-order valence-corrected chi connectivity index (χ4v) is 2.33. The van der Waals surface area contributed by atoms with Gasteiger partial charge in [-0.25, -0.2) is 14.2 Å². The molecule has 0 aliphatic carbocycles. The van der Waals surface area contributed by atoms with Crippen molar-refractivity contribution in [3.63, 3.8) is 0 Å². The molecule has 0 aliphatic heterocycles. The van der Waals surface area contributed by atoms with Crippen LogP contribution in [0.25, 0.3) is 0 Å². The summed E-state index contributed by atoms with van der Waals surface area (Å²) in [4.78, 5) is 15.2. The van der Waals surface area contributed by atoms with Gasteiger partial charge in [-0.3, -0.25) is 0 Å². The summed E-state index contributed by atoms with van der Waals surface area (Å²) in [6.07, 6.45) is 2.20. The van der Waals surface area contributed by atoms with Crippen molar-refractivity contribution in [1.82, 2.24) is 4.98 Å². The van der Waals surface area contributed by atoms with Crippen molar-refractivity contribution in [2.24, 2.45) is 0 Å². The molecule has 1 aromatic heterocycles. The van der Waals surface area contributed by atoms with Crippen molar-refractivity contribution in [3.8, 4) is 0 Å². The fourth-order valence-electron chi connectivity index (χ4n) is 2.00. The molecule has 2 rings (SSSR count). The average molecular weight is 353 g/mol. The number of aryl methyl sites for hydroxylation is 1. The summed E-state index contributed by atoms with van der Waals surface area (Å²) < 4.78 is 13.6. The number of carboxylic acid groups (broad SMARTS) is 1. The monoisotopic (exact) mass is 352 g/mol. The van der Waals surface area contributed by atoms with Crippen molar-refractivity contribution in [2.75, 3.05) is 11.9 Å². The van der Waals surface area contributed by atoms with E-state index in [0.717, 1.165) is 11.1 Å². The third-order valence-corrected chi connectivity index (χ3v) is 3.51. The maximum Gasteiger partial charge on any atom is 0.339 e. The summed E-state index contributed by atoms with van der Waals surface area (Å²) in [6.45, 7) is 2.36. The Morgan fingerprint density at radius 3 is 2.86 bits per heavy atom. The van der Waals surface area contributed by atoms with E-state index in [2.05, 4.69) is 26.2 Å². The van der Waals surface area contributed by atoms with Gasteiger partial charge >= 0.3 is 5.97 Å². The third-order valence-electron chi connectivity index (χ3n) is 3.08. The van der Waals surface area contributed by atoms with Gasteiger partial charge in [-0.15, -0.1) is 0 Å². The SMILES string of the molecule is Cc1cc(F)ccc1CCNc1ncc(Br)cc1C(=O)O. The van der Waals surface area contributed by atoms with Gasteiger partial charge in [0.2, 0.25) is 0 Å². The number of hydrogen-bond donors (Lipinski definition) is 2. The van der Waals surface area contributed by atoms with Crippen molar-refractivity contribution >= 4 is 27.7 Å². The van der Waals surface area contributed by atoms with Gasteiger partial charge in [0.1, 0.15) is 17.2 Å². The van der Waals surface area contributed by atoms with Crippen LogP contribution in [0.2, 0.25) is 0 Å². The van der Waals surface area contributed by atoms with Gasteiger partial charge in [-0.2, -0.15) is 0 Å². The Bertz CT molecular complexity index is 677. The molecule has 21 heavy (non-hydrogen) atoms. The van der Waals surface area contributed by atoms with Gasteiger partial charge in [0.05, 0.1) is 0 Å². The molecule has 0 saturated heterocycles. The smallest absolute Gasteiger partial charge is 0.339 e. The Morgan fingerprint density at radius 2 is 2.19 bits per heavy atom. The van der Waals surface area contributed by atoms with Crippen LogP contribution in [0.15, 0.2) is 34.9 Å².